The number of carbonyl (C=O) groups excluding carboxylic acids is 4. The second-order valence-electron chi connectivity index (χ2n) is 14.6. The number of benzene rings is 2. The van der Waals surface area contributed by atoms with E-state index in [4.69, 9.17) is 34.8 Å². The molecule has 4 aromatic rings. The lowest BCUT2D eigenvalue weighted by Crippen LogP contribution is -2.53. The maximum absolute atomic E-state index is 15.4. The molecular weight excluding hydrogens is 872 g/mol. The van der Waals surface area contributed by atoms with Crippen molar-refractivity contribution in [3.05, 3.63) is 122 Å². The van der Waals surface area contributed by atoms with Crippen LogP contribution in [0.4, 0.5) is 42.4 Å². The average Bonchev–Trinajstić information content (AvgIpc) is 3.56. The number of hydrogen-bond acceptors (Lipinski definition) is 9. The number of phenolic OH excluding ortho intramolecular Hbond substituents is 1. The predicted octanol–water partition coefficient (Wildman–Crippen LogP) is 8.36. The summed E-state index contributed by atoms with van der Waals surface area (Å²) in [6, 6.07) is 11.2. The molecule has 2 N–H and O–H groups in total. The molecule has 4 aliphatic rings. The molecule has 2 aromatic heterocycles. The van der Waals surface area contributed by atoms with Gasteiger partial charge in [-0.1, -0.05) is 64.7 Å². The van der Waals surface area contributed by atoms with E-state index >= 15 is 9.18 Å². The van der Waals surface area contributed by atoms with Gasteiger partial charge in [-0.2, -0.15) is 36.4 Å². The van der Waals surface area contributed by atoms with E-state index in [0.717, 1.165) is 30.3 Å². The molecule has 2 aromatic carbocycles. The zero-order chi connectivity index (χ0) is 43.4. The number of nitrogens with one attached hydrogen (secondary N) is 1. The molecule has 6 atom stereocenters. The van der Waals surface area contributed by atoms with Crippen LogP contribution in [0.1, 0.15) is 41.1 Å². The fourth-order valence-corrected chi connectivity index (χ4v) is 9.61. The number of amides is 4. The lowest BCUT2D eigenvalue weighted by molar-refractivity contribution is -0.142. The van der Waals surface area contributed by atoms with E-state index in [1.165, 1.54) is 30.3 Å². The monoisotopic (exact) mass is 896 g/mol. The molecule has 3 fully saturated rings. The van der Waals surface area contributed by atoms with Crippen molar-refractivity contribution in [2.24, 2.45) is 23.7 Å². The lowest BCUT2D eigenvalue weighted by atomic mass is 9.49. The van der Waals surface area contributed by atoms with Crippen LogP contribution in [0.2, 0.25) is 15.1 Å². The first-order chi connectivity index (χ1) is 28.2. The molecule has 0 spiro atoms. The molecule has 4 heterocycles. The molecule has 60 heavy (non-hydrogen) atoms. The topological polar surface area (TPSA) is 136 Å². The molecule has 21 heteroatoms. The molecule has 2 saturated heterocycles. The molecular formula is C39H26Cl3F7N6O5. The van der Waals surface area contributed by atoms with Gasteiger partial charge in [-0.25, -0.2) is 14.4 Å². The van der Waals surface area contributed by atoms with Crippen molar-refractivity contribution < 1.29 is 55.0 Å². The normalized spacial score (nSPS) is 25.2. The Labute approximate surface area is 349 Å². The quantitative estimate of drug-likeness (QED) is 0.111. The van der Waals surface area contributed by atoms with Crippen LogP contribution < -0.4 is 10.4 Å². The minimum atomic E-state index is -4.91. The summed E-state index contributed by atoms with van der Waals surface area (Å²) in [7, 11) is 1.13. The van der Waals surface area contributed by atoms with Crippen LogP contribution in [0.5, 0.6) is 5.75 Å². The van der Waals surface area contributed by atoms with Crippen LogP contribution >= 0.6 is 34.8 Å². The van der Waals surface area contributed by atoms with Crippen molar-refractivity contribution in [3.8, 4) is 5.75 Å². The van der Waals surface area contributed by atoms with E-state index in [2.05, 4.69) is 15.4 Å². The van der Waals surface area contributed by atoms with Gasteiger partial charge in [0.05, 0.1) is 38.8 Å². The Morgan fingerprint density at radius 2 is 1.57 bits per heavy atom. The van der Waals surface area contributed by atoms with E-state index in [1.54, 1.807) is 6.08 Å². The Bertz CT molecular complexity index is 2540. The molecule has 4 amide bonds. The number of aromatic hydroxyl groups is 1. The van der Waals surface area contributed by atoms with Crippen LogP contribution in [0, 0.1) is 29.5 Å². The summed E-state index contributed by atoms with van der Waals surface area (Å²) in [6.07, 6.45) is -8.17. The smallest absolute Gasteiger partial charge is 0.433 e. The van der Waals surface area contributed by atoms with Crippen LogP contribution in [-0.4, -0.2) is 55.8 Å². The number of nitrogens with zero attached hydrogens (tertiary/aromatic N) is 5. The molecule has 0 unspecified atom stereocenters. The number of anilines is 2. The van der Waals surface area contributed by atoms with Crippen LogP contribution in [0.15, 0.2) is 78.5 Å². The highest BCUT2D eigenvalue weighted by Gasteiger charge is 2.70. The zero-order valence-corrected chi connectivity index (χ0v) is 32.6. The molecule has 8 rings (SSSR count). The van der Waals surface area contributed by atoms with Gasteiger partial charge in [0.15, 0.2) is 23.2 Å². The first kappa shape index (κ1) is 41.3. The molecule has 2 aliphatic heterocycles. The van der Waals surface area contributed by atoms with Crippen LogP contribution in [-0.2, 0) is 36.9 Å². The average molecular weight is 898 g/mol. The maximum atomic E-state index is 15.4. The third-order valence-corrected chi connectivity index (χ3v) is 12.4. The number of carbonyl (C=O) groups is 4. The van der Waals surface area contributed by atoms with Gasteiger partial charge in [0.2, 0.25) is 0 Å². The Morgan fingerprint density at radius 1 is 0.867 bits per heavy atom. The summed E-state index contributed by atoms with van der Waals surface area (Å²) in [5, 5.41) is 11.5. The van der Waals surface area contributed by atoms with E-state index < -0.39 is 110 Å². The first-order valence-corrected chi connectivity index (χ1v) is 19.0. The summed E-state index contributed by atoms with van der Waals surface area (Å²) in [6.45, 7) is 0. The fourth-order valence-electron chi connectivity index (χ4n) is 9.05. The summed E-state index contributed by atoms with van der Waals surface area (Å²) in [5.74, 6) is -12.8. The van der Waals surface area contributed by atoms with Gasteiger partial charge in [-0.15, -0.1) is 0 Å². The van der Waals surface area contributed by atoms with E-state index in [9.17, 15) is 45.8 Å². The summed E-state index contributed by atoms with van der Waals surface area (Å²) in [5.41, 5.74) is -1.54. The summed E-state index contributed by atoms with van der Waals surface area (Å²) >= 11 is 18.7. The van der Waals surface area contributed by atoms with Crippen molar-refractivity contribution >= 4 is 70.1 Å². The zero-order valence-electron chi connectivity index (χ0n) is 30.3. The first-order valence-electron chi connectivity index (χ1n) is 17.8. The highest BCUT2D eigenvalue weighted by atomic mass is 35.5. The highest BCUT2D eigenvalue weighted by Crippen LogP contribution is 2.64. The van der Waals surface area contributed by atoms with Gasteiger partial charge in [0, 0.05) is 24.2 Å². The fraction of sp³-hybridized carbons (Fsp3) is 0.282. The van der Waals surface area contributed by atoms with Gasteiger partial charge >= 0.3 is 12.4 Å². The largest absolute Gasteiger partial charge is 0.505 e. The van der Waals surface area contributed by atoms with Gasteiger partial charge in [0.25, 0.3) is 23.6 Å². The standard InChI is InChI=1S/C39H26Cl3F7N6O5/c1-53(32-24(41)9-11-28(51-32)39(47,48)49)55-33(57)21-8-7-20-22(29(21)35(55)59)14-23-34(58)54(52-31-25(42)13-18(15-50-31)38(44,45)46)36(60)37(23,17-3-5-19(40)6-4-17)30(20)16-2-10-27(56)26(43)12-16/h2-7,9-13,15,21-23,29-30,56H,8,14H2,1H3,(H,50,52)/t21-,22+,23-,29-,30-,37+/m0/s1. The number of hydrogen-bond donors (Lipinski definition) is 2. The van der Waals surface area contributed by atoms with Gasteiger partial charge < -0.3 is 5.11 Å². The minimum absolute atomic E-state index is 0.0547. The molecule has 312 valence electrons. The Balaban J connectivity index is 1.28. The lowest BCUT2D eigenvalue weighted by Gasteiger charge is -2.50. The number of allylic oxidation sites excluding steroid dienone is 2. The number of halogens is 10. The molecule has 0 radical (unpaired) electrons. The van der Waals surface area contributed by atoms with Crippen molar-refractivity contribution in [2.45, 2.75) is 36.5 Å². The van der Waals surface area contributed by atoms with E-state index in [1.807, 2.05) is 0 Å². The van der Waals surface area contributed by atoms with Crippen LogP contribution in [0.3, 0.4) is 0 Å². The minimum Gasteiger partial charge on any atom is -0.505 e. The third-order valence-electron chi connectivity index (χ3n) is 11.6. The Kier molecular flexibility index (Phi) is 9.86. The number of hydrazine groups is 2. The SMILES string of the molecule is CN(c1nc(C(F)(F)F)ccc1Cl)N1C(=O)[C@H]2[C@H](CC=C3[C@H]2C[C@H]2C(=O)N(Nc4ncc(C(F)(F)F)cc4Cl)C(=O)[C@@]2(c2ccc(Cl)cc2)[C@H]3c2ccc(O)c(F)c2)C1=O. The number of aromatic nitrogens is 2. The Morgan fingerprint density at radius 3 is 2.20 bits per heavy atom. The number of alkyl halides is 6. The van der Waals surface area contributed by atoms with Gasteiger partial charge in [0.1, 0.15) is 5.69 Å². The summed E-state index contributed by atoms with van der Waals surface area (Å²) in [4.78, 5) is 66.0. The van der Waals surface area contributed by atoms with Crippen molar-refractivity contribution in [1.29, 1.82) is 0 Å². The molecule has 2 aliphatic carbocycles. The second-order valence-corrected chi connectivity index (χ2v) is 15.9. The molecule has 0 bridgehead atoms. The highest BCUT2D eigenvalue weighted by molar-refractivity contribution is 6.33. The van der Waals surface area contributed by atoms with Crippen LogP contribution in [0.25, 0.3) is 0 Å². The van der Waals surface area contributed by atoms with E-state index in [-0.39, 0.29) is 34.0 Å². The van der Waals surface area contributed by atoms with Gasteiger partial charge in [-0.05, 0) is 72.4 Å². The number of phenols is 1. The Hall–Kier alpha value is -5.46. The number of pyridine rings is 2. The number of fused-ring (bicyclic) bond motifs is 4. The third kappa shape index (κ3) is 6.33. The maximum Gasteiger partial charge on any atom is 0.433 e. The second kappa shape index (κ2) is 14.3. The molecule has 1 saturated carbocycles. The van der Waals surface area contributed by atoms with E-state index in [0.29, 0.717) is 33.9 Å². The molecule has 11 nitrogen and oxygen atoms in total. The van der Waals surface area contributed by atoms with Crippen molar-refractivity contribution in [2.75, 3.05) is 17.5 Å². The van der Waals surface area contributed by atoms with Crippen molar-refractivity contribution in [3.63, 3.8) is 0 Å². The van der Waals surface area contributed by atoms with Crippen molar-refractivity contribution in [1.82, 2.24) is 20.0 Å². The summed E-state index contributed by atoms with van der Waals surface area (Å²) < 4.78 is 96.9. The predicted molar refractivity (Wildman–Crippen MR) is 199 cm³/mol. The number of rotatable bonds is 6. The van der Waals surface area contributed by atoms with Gasteiger partial charge in [-0.3, -0.25) is 29.6 Å². The number of imide groups is 2.